The molecule has 0 N–H and O–H groups in total. The number of halogens is 1. The van der Waals surface area contributed by atoms with Crippen molar-refractivity contribution in [3.8, 4) is 0 Å². The lowest BCUT2D eigenvalue weighted by molar-refractivity contribution is -0.132. The Morgan fingerprint density at radius 3 is 2.52 bits per heavy atom. The molecule has 6 heteroatoms. The minimum absolute atomic E-state index is 0.0131. The van der Waals surface area contributed by atoms with Crippen molar-refractivity contribution in [1.29, 1.82) is 0 Å². The van der Waals surface area contributed by atoms with Crippen molar-refractivity contribution in [3.05, 3.63) is 62.5 Å². The molecule has 1 saturated heterocycles. The van der Waals surface area contributed by atoms with E-state index in [9.17, 15) is 9.59 Å². The lowest BCUT2D eigenvalue weighted by Gasteiger charge is -2.37. The SMILES string of the molecule is Cc1cccc(N2CCN(C(=O)Cn3cc(Br)ccc3=O)CC2)c1C. The van der Waals surface area contributed by atoms with Crippen molar-refractivity contribution >= 4 is 27.5 Å². The van der Waals surface area contributed by atoms with Gasteiger partial charge in [0, 0.05) is 48.6 Å². The van der Waals surface area contributed by atoms with Gasteiger partial charge in [-0.2, -0.15) is 0 Å². The van der Waals surface area contributed by atoms with Crippen molar-refractivity contribution in [1.82, 2.24) is 9.47 Å². The summed E-state index contributed by atoms with van der Waals surface area (Å²) in [5, 5.41) is 0. The number of aryl methyl sites for hydroxylation is 1. The maximum atomic E-state index is 12.5. The second-order valence-electron chi connectivity index (χ2n) is 6.40. The topological polar surface area (TPSA) is 45.5 Å². The minimum atomic E-state index is -0.162. The van der Waals surface area contributed by atoms with Gasteiger partial charge < -0.3 is 14.4 Å². The molecule has 1 aromatic heterocycles. The number of carbonyl (C=O) groups is 1. The third kappa shape index (κ3) is 3.95. The van der Waals surface area contributed by atoms with Crippen LogP contribution in [0.25, 0.3) is 0 Å². The molecule has 2 heterocycles. The highest BCUT2D eigenvalue weighted by Gasteiger charge is 2.22. The molecule has 0 saturated carbocycles. The summed E-state index contributed by atoms with van der Waals surface area (Å²) < 4.78 is 2.24. The number of pyridine rings is 1. The van der Waals surface area contributed by atoms with Gasteiger partial charge in [-0.15, -0.1) is 0 Å². The minimum Gasteiger partial charge on any atom is -0.368 e. The Hall–Kier alpha value is -2.08. The summed E-state index contributed by atoms with van der Waals surface area (Å²) in [7, 11) is 0. The predicted octanol–water partition coefficient (Wildman–Crippen LogP) is 2.58. The van der Waals surface area contributed by atoms with Crippen LogP contribution in [-0.2, 0) is 11.3 Å². The Bertz CT molecular complexity index is 839. The fourth-order valence-electron chi connectivity index (χ4n) is 3.15. The van der Waals surface area contributed by atoms with Gasteiger partial charge in [-0.3, -0.25) is 9.59 Å². The van der Waals surface area contributed by atoms with Gasteiger partial charge in [0.15, 0.2) is 0 Å². The first kappa shape index (κ1) is 17.7. The van der Waals surface area contributed by atoms with Crippen molar-refractivity contribution < 1.29 is 4.79 Å². The molecule has 3 rings (SSSR count). The van der Waals surface area contributed by atoms with Gasteiger partial charge in [0.05, 0.1) is 0 Å². The van der Waals surface area contributed by atoms with Crippen LogP contribution in [0, 0.1) is 13.8 Å². The largest absolute Gasteiger partial charge is 0.368 e. The molecule has 1 aromatic carbocycles. The number of hydrogen-bond donors (Lipinski definition) is 0. The van der Waals surface area contributed by atoms with E-state index >= 15 is 0 Å². The van der Waals surface area contributed by atoms with Crippen molar-refractivity contribution in [2.24, 2.45) is 0 Å². The van der Waals surface area contributed by atoms with Crippen molar-refractivity contribution in [2.45, 2.75) is 20.4 Å². The lowest BCUT2D eigenvalue weighted by atomic mass is 10.1. The molecule has 5 nitrogen and oxygen atoms in total. The maximum Gasteiger partial charge on any atom is 0.251 e. The average Bonchev–Trinajstić information content (AvgIpc) is 2.61. The molecule has 132 valence electrons. The monoisotopic (exact) mass is 403 g/mol. The van der Waals surface area contributed by atoms with Gasteiger partial charge >= 0.3 is 0 Å². The van der Waals surface area contributed by atoms with E-state index in [0.29, 0.717) is 13.1 Å². The molecular weight excluding hydrogens is 382 g/mol. The van der Waals surface area contributed by atoms with Gasteiger partial charge in [0.25, 0.3) is 5.56 Å². The zero-order valence-corrected chi connectivity index (χ0v) is 16.1. The zero-order valence-electron chi connectivity index (χ0n) is 14.5. The van der Waals surface area contributed by atoms with E-state index in [1.807, 2.05) is 4.90 Å². The summed E-state index contributed by atoms with van der Waals surface area (Å²) >= 11 is 3.34. The molecular formula is C19H22BrN3O2. The number of rotatable bonds is 3. The normalized spacial score (nSPS) is 14.7. The van der Waals surface area contributed by atoms with Gasteiger partial charge in [0.2, 0.25) is 5.91 Å². The number of piperazine rings is 1. The van der Waals surface area contributed by atoms with Crippen molar-refractivity contribution in [2.75, 3.05) is 31.1 Å². The van der Waals surface area contributed by atoms with Gasteiger partial charge in [0.1, 0.15) is 6.54 Å². The molecule has 0 unspecified atom stereocenters. The molecule has 1 fully saturated rings. The van der Waals surface area contributed by atoms with Crippen LogP contribution in [-0.4, -0.2) is 41.6 Å². The lowest BCUT2D eigenvalue weighted by Crippen LogP contribution is -2.50. The number of carbonyl (C=O) groups excluding carboxylic acids is 1. The molecule has 25 heavy (non-hydrogen) atoms. The van der Waals surface area contributed by atoms with Crippen molar-refractivity contribution in [3.63, 3.8) is 0 Å². The highest BCUT2D eigenvalue weighted by atomic mass is 79.9. The van der Waals surface area contributed by atoms with Crippen LogP contribution in [0.15, 0.2) is 45.8 Å². The molecule has 0 spiro atoms. The Morgan fingerprint density at radius 2 is 1.80 bits per heavy atom. The molecule has 0 atom stereocenters. The quantitative estimate of drug-likeness (QED) is 0.790. The van der Waals surface area contributed by atoms with Gasteiger partial charge in [-0.25, -0.2) is 0 Å². The van der Waals surface area contributed by atoms with E-state index in [1.165, 1.54) is 27.4 Å². The molecule has 0 aliphatic carbocycles. The average molecular weight is 404 g/mol. The number of nitrogens with zero attached hydrogens (tertiary/aromatic N) is 3. The van der Waals surface area contributed by atoms with E-state index in [4.69, 9.17) is 0 Å². The van der Waals surface area contributed by atoms with Gasteiger partial charge in [-0.1, -0.05) is 12.1 Å². The third-order valence-electron chi connectivity index (χ3n) is 4.80. The Labute approximate surface area is 156 Å². The first-order valence-electron chi connectivity index (χ1n) is 8.40. The Morgan fingerprint density at radius 1 is 1.08 bits per heavy atom. The Kier molecular flexibility index (Phi) is 5.27. The molecule has 1 aliphatic heterocycles. The number of benzene rings is 1. The van der Waals surface area contributed by atoms with Crippen LogP contribution >= 0.6 is 15.9 Å². The van der Waals surface area contributed by atoms with E-state index in [-0.39, 0.29) is 18.0 Å². The summed E-state index contributed by atoms with van der Waals surface area (Å²) in [6.45, 7) is 7.31. The summed E-state index contributed by atoms with van der Waals surface area (Å²) in [5.41, 5.74) is 3.66. The summed E-state index contributed by atoms with van der Waals surface area (Å²) in [6.07, 6.45) is 1.66. The van der Waals surface area contributed by atoms with E-state index in [1.54, 1.807) is 12.3 Å². The van der Waals surface area contributed by atoms with Crippen LogP contribution in [0.3, 0.4) is 0 Å². The number of amides is 1. The van der Waals surface area contributed by atoms with E-state index < -0.39 is 0 Å². The van der Waals surface area contributed by atoms with Crippen LogP contribution in [0.5, 0.6) is 0 Å². The van der Waals surface area contributed by atoms with E-state index in [0.717, 1.165) is 17.6 Å². The molecule has 1 amide bonds. The second kappa shape index (κ2) is 7.44. The highest BCUT2D eigenvalue weighted by Crippen LogP contribution is 2.23. The number of hydrogen-bond acceptors (Lipinski definition) is 3. The first-order valence-corrected chi connectivity index (χ1v) is 9.20. The molecule has 0 radical (unpaired) electrons. The summed E-state index contributed by atoms with van der Waals surface area (Å²) in [6, 6.07) is 9.49. The third-order valence-corrected chi connectivity index (χ3v) is 5.27. The standard InChI is InChI=1S/C19H22BrN3O2/c1-14-4-3-5-17(15(14)2)21-8-10-22(11-9-21)19(25)13-23-12-16(20)6-7-18(23)24/h3-7,12H,8-11,13H2,1-2H3. The van der Waals surface area contributed by atoms with Crippen LogP contribution in [0.2, 0.25) is 0 Å². The number of anilines is 1. The number of aromatic nitrogens is 1. The summed E-state index contributed by atoms with van der Waals surface area (Å²) in [5.74, 6) is -0.0131. The fourth-order valence-corrected chi connectivity index (χ4v) is 3.53. The molecule has 0 bridgehead atoms. The maximum absolute atomic E-state index is 12.5. The fraction of sp³-hybridized carbons (Fsp3) is 0.368. The van der Waals surface area contributed by atoms with E-state index in [2.05, 4.69) is 52.9 Å². The molecule has 1 aliphatic rings. The second-order valence-corrected chi connectivity index (χ2v) is 7.32. The Balaban J connectivity index is 1.64. The highest BCUT2D eigenvalue weighted by molar-refractivity contribution is 9.10. The van der Waals surface area contributed by atoms with Crippen LogP contribution < -0.4 is 10.5 Å². The molecule has 2 aromatic rings. The van der Waals surface area contributed by atoms with Gasteiger partial charge in [-0.05, 0) is 53.0 Å². The first-order chi connectivity index (χ1) is 12.0. The van der Waals surface area contributed by atoms with Crippen LogP contribution in [0.4, 0.5) is 5.69 Å². The predicted molar refractivity (Wildman–Crippen MR) is 103 cm³/mol. The summed E-state index contributed by atoms with van der Waals surface area (Å²) in [4.78, 5) is 28.6. The van der Waals surface area contributed by atoms with Crippen LogP contribution in [0.1, 0.15) is 11.1 Å². The smallest absolute Gasteiger partial charge is 0.251 e. The zero-order chi connectivity index (χ0) is 18.0.